The molecule has 1 amide bonds. The number of hydrogen-bond acceptors (Lipinski definition) is 3. The number of amides is 1. The van der Waals surface area contributed by atoms with Gasteiger partial charge in [0.05, 0.1) is 0 Å². The van der Waals surface area contributed by atoms with Gasteiger partial charge in [0.1, 0.15) is 6.73 Å². The van der Waals surface area contributed by atoms with E-state index in [2.05, 4.69) is 16.1 Å². The number of nitrogens with one attached hydrogen (secondary N) is 1. The zero-order valence-electron chi connectivity index (χ0n) is 4.81. The van der Waals surface area contributed by atoms with Gasteiger partial charge in [0, 0.05) is 6.42 Å². The highest BCUT2D eigenvalue weighted by atomic mass is 16.6. The Balaban J connectivity index is 2.99. The minimum atomic E-state index is -0.0598. The molecule has 0 saturated carbocycles. The van der Waals surface area contributed by atoms with Crippen LogP contribution in [-0.2, 0) is 9.63 Å². The van der Waals surface area contributed by atoms with Crippen molar-refractivity contribution in [3.05, 3.63) is 0 Å². The molecule has 0 bridgehead atoms. The lowest BCUT2D eigenvalue weighted by atomic mass is 10.5. The fourth-order valence-electron chi connectivity index (χ4n) is 0.247. The van der Waals surface area contributed by atoms with Crippen molar-refractivity contribution in [1.82, 2.24) is 5.32 Å². The molecule has 0 aromatic rings. The predicted molar refractivity (Wildman–Crippen MR) is 28.6 cm³/mol. The molecule has 0 aliphatic rings. The van der Waals surface area contributed by atoms with Gasteiger partial charge >= 0.3 is 0 Å². The lowest BCUT2D eigenvalue weighted by Crippen LogP contribution is -2.26. The quantitative estimate of drug-likeness (QED) is 0.382. The largest absolute Gasteiger partial charge is 0.332 e. The van der Waals surface area contributed by atoms with Crippen molar-refractivity contribution >= 4 is 5.91 Å². The summed E-state index contributed by atoms with van der Waals surface area (Å²) in [6.45, 7) is 1.85. The number of carbonyl (C=O) groups excluding carboxylic acids is 1. The fraction of sp³-hybridized carbons (Fsp3) is 0.750. The molecule has 3 N–H and O–H groups in total. The molecule has 0 aliphatic carbocycles. The fourth-order valence-corrected chi connectivity index (χ4v) is 0.247. The van der Waals surface area contributed by atoms with Crippen LogP contribution in [0, 0.1) is 0 Å². The van der Waals surface area contributed by atoms with Gasteiger partial charge in [0.15, 0.2) is 0 Å². The highest BCUT2D eigenvalue weighted by Gasteiger charge is 1.91. The second-order valence-corrected chi connectivity index (χ2v) is 1.26. The summed E-state index contributed by atoms with van der Waals surface area (Å²) in [4.78, 5) is 14.4. The molecule has 0 aromatic carbocycles. The van der Waals surface area contributed by atoms with Crippen LogP contribution < -0.4 is 11.2 Å². The van der Waals surface area contributed by atoms with Gasteiger partial charge in [-0.3, -0.25) is 9.63 Å². The molecule has 0 heterocycles. The molecule has 0 rings (SSSR count). The van der Waals surface area contributed by atoms with Gasteiger partial charge in [0.25, 0.3) is 0 Å². The third-order valence-electron chi connectivity index (χ3n) is 0.674. The third-order valence-corrected chi connectivity index (χ3v) is 0.674. The summed E-state index contributed by atoms with van der Waals surface area (Å²) in [5, 5.41) is 2.40. The van der Waals surface area contributed by atoms with Crippen molar-refractivity contribution < 1.29 is 9.63 Å². The van der Waals surface area contributed by atoms with E-state index in [4.69, 9.17) is 0 Å². The number of nitrogens with two attached hydrogens (primary N) is 1. The lowest BCUT2D eigenvalue weighted by molar-refractivity contribution is -0.122. The zero-order valence-corrected chi connectivity index (χ0v) is 4.81. The van der Waals surface area contributed by atoms with E-state index < -0.39 is 0 Å². The van der Waals surface area contributed by atoms with Crippen molar-refractivity contribution in [2.75, 3.05) is 6.73 Å². The van der Waals surface area contributed by atoms with Gasteiger partial charge in [-0.25, -0.2) is 5.90 Å². The Morgan fingerprint density at radius 3 is 2.88 bits per heavy atom. The summed E-state index contributed by atoms with van der Waals surface area (Å²) in [5.41, 5.74) is 0. The topological polar surface area (TPSA) is 64.3 Å². The maximum Gasteiger partial charge on any atom is 0.221 e. The van der Waals surface area contributed by atoms with E-state index in [1.807, 2.05) is 0 Å². The van der Waals surface area contributed by atoms with Gasteiger partial charge in [-0.15, -0.1) is 0 Å². The van der Waals surface area contributed by atoms with Crippen molar-refractivity contribution in [2.45, 2.75) is 13.3 Å². The number of carbonyl (C=O) groups is 1. The second kappa shape index (κ2) is 4.55. The number of rotatable bonds is 3. The maximum absolute atomic E-state index is 10.3. The summed E-state index contributed by atoms with van der Waals surface area (Å²) < 4.78 is 0. The van der Waals surface area contributed by atoms with Crippen LogP contribution in [0.4, 0.5) is 0 Å². The second-order valence-electron chi connectivity index (χ2n) is 1.26. The van der Waals surface area contributed by atoms with E-state index in [1.165, 1.54) is 0 Å². The number of hydrogen-bond donors (Lipinski definition) is 2. The predicted octanol–water partition coefficient (Wildman–Crippen LogP) is -0.640. The highest BCUT2D eigenvalue weighted by Crippen LogP contribution is 1.71. The SMILES string of the molecule is CCC(=O)NCON. The van der Waals surface area contributed by atoms with E-state index in [1.54, 1.807) is 6.92 Å². The Kier molecular flexibility index (Phi) is 4.20. The zero-order chi connectivity index (χ0) is 6.41. The van der Waals surface area contributed by atoms with Crippen molar-refractivity contribution in [3.8, 4) is 0 Å². The monoisotopic (exact) mass is 118 g/mol. The maximum atomic E-state index is 10.3. The smallest absolute Gasteiger partial charge is 0.221 e. The lowest BCUT2D eigenvalue weighted by Gasteiger charge is -1.97. The minimum absolute atomic E-state index is 0.0598. The Labute approximate surface area is 48.0 Å². The molecule has 0 aromatic heterocycles. The first kappa shape index (κ1) is 7.39. The molecule has 0 saturated heterocycles. The average Bonchev–Trinajstić information content (AvgIpc) is 1.83. The first-order chi connectivity index (χ1) is 3.81. The summed E-state index contributed by atoms with van der Waals surface area (Å²) in [6.07, 6.45) is 0.462. The molecule has 0 fully saturated rings. The molecule has 0 unspecified atom stereocenters. The molecule has 4 nitrogen and oxygen atoms in total. The third kappa shape index (κ3) is 3.58. The van der Waals surface area contributed by atoms with Gasteiger partial charge in [0.2, 0.25) is 5.91 Å². The van der Waals surface area contributed by atoms with Crippen LogP contribution in [0.1, 0.15) is 13.3 Å². The van der Waals surface area contributed by atoms with E-state index in [-0.39, 0.29) is 12.6 Å². The van der Waals surface area contributed by atoms with Crippen LogP contribution in [0.5, 0.6) is 0 Å². The molecule has 8 heavy (non-hydrogen) atoms. The van der Waals surface area contributed by atoms with Crippen LogP contribution in [-0.4, -0.2) is 12.6 Å². The summed E-state index contributed by atoms with van der Waals surface area (Å²) in [7, 11) is 0. The van der Waals surface area contributed by atoms with Gasteiger partial charge in [-0.2, -0.15) is 0 Å². The molecule has 0 radical (unpaired) electrons. The average molecular weight is 118 g/mol. The van der Waals surface area contributed by atoms with Crippen molar-refractivity contribution in [2.24, 2.45) is 5.90 Å². The summed E-state index contributed by atoms with van der Waals surface area (Å²) >= 11 is 0. The molecular weight excluding hydrogens is 108 g/mol. The molecule has 0 spiro atoms. The highest BCUT2D eigenvalue weighted by molar-refractivity contribution is 5.75. The molecule has 0 atom stereocenters. The Hall–Kier alpha value is -0.610. The normalized spacial score (nSPS) is 8.75. The van der Waals surface area contributed by atoms with Gasteiger partial charge < -0.3 is 5.32 Å². The van der Waals surface area contributed by atoms with Crippen molar-refractivity contribution in [3.63, 3.8) is 0 Å². The summed E-state index contributed by atoms with van der Waals surface area (Å²) in [6, 6.07) is 0. The van der Waals surface area contributed by atoms with Crippen LogP contribution >= 0.6 is 0 Å². The van der Waals surface area contributed by atoms with Crippen LogP contribution in [0.25, 0.3) is 0 Å². The Morgan fingerprint density at radius 2 is 2.50 bits per heavy atom. The van der Waals surface area contributed by atoms with Crippen molar-refractivity contribution in [1.29, 1.82) is 0 Å². The van der Waals surface area contributed by atoms with E-state index in [0.717, 1.165) is 0 Å². The first-order valence-electron chi connectivity index (χ1n) is 2.39. The minimum Gasteiger partial charge on any atom is -0.332 e. The van der Waals surface area contributed by atoms with Crippen LogP contribution in [0.2, 0.25) is 0 Å². The van der Waals surface area contributed by atoms with E-state index in [9.17, 15) is 4.79 Å². The molecule has 0 aliphatic heterocycles. The summed E-state index contributed by atoms with van der Waals surface area (Å²) in [5.74, 6) is 4.56. The van der Waals surface area contributed by atoms with E-state index >= 15 is 0 Å². The standard InChI is InChI=1S/C4H10N2O2/c1-2-4(7)6-3-8-5/h2-3,5H2,1H3,(H,6,7). The Morgan fingerprint density at radius 1 is 1.88 bits per heavy atom. The Bertz CT molecular complexity index is 74.4. The molecule has 4 heteroatoms. The molecular formula is C4H10N2O2. The first-order valence-corrected chi connectivity index (χ1v) is 2.39. The van der Waals surface area contributed by atoms with Crippen LogP contribution in [0.3, 0.4) is 0 Å². The van der Waals surface area contributed by atoms with Gasteiger partial charge in [-0.05, 0) is 0 Å². The van der Waals surface area contributed by atoms with E-state index in [0.29, 0.717) is 6.42 Å². The van der Waals surface area contributed by atoms with Gasteiger partial charge in [-0.1, -0.05) is 6.92 Å². The molecule has 48 valence electrons. The van der Waals surface area contributed by atoms with Crippen LogP contribution in [0.15, 0.2) is 0 Å².